The smallest absolute Gasteiger partial charge is 0.243 e. The van der Waals surface area contributed by atoms with Gasteiger partial charge in [0.1, 0.15) is 0 Å². The third-order valence-corrected chi connectivity index (χ3v) is 4.43. The van der Waals surface area contributed by atoms with E-state index in [-0.39, 0.29) is 19.2 Å². The molecule has 0 spiro atoms. The second-order valence-electron chi connectivity index (χ2n) is 6.14. The van der Waals surface area contributed by atoms with Crippen molar-refractivity contribution < 1.29 is 14.3 Å². The molecule has 1 aliphatic heterocycles. The Bertz CT molecular complexity index is 788. The molecule has 0 radical (unpaired) electrons. The van der Waals surface area contributed by atoms with Gasteiger partial charge < -0.3 is 25.0 Å². The molecule has 0 aliphatic carbocycles. The highest BCUT2D eigenvalue weighted by atomic mass is 16.7. The van der Waals surface area contributed by atoms with Crippen LogP contribution in [-0.4, -0.2) is 32.3 Å². The van der Waals surface area contributed by atoms with Gasteiger partial charge in [0.05, 0.1) is 6.54 Å². The fourth-order valence-electron chi connectivity index (χ4n) is 2.99. The van der Waals surface area contributed by atoms with Crippen LogP contribution in [0.25, 0.3) is 0 Å². The molecule has 1 amide bonds. The van der Waals surface area contributed by atoms with E-state index in [1.54, 1.807) is 18.2 Å². The van der Waals surface area contributed by atoms with Crippen molar-refractivity contribution in [3.05, 3.63) is 42.0 Å². The van der Waals surface area contributed by atoms with Crippen LogP contribution in [0.5, 0.6) is 11.5 Å². The van der Waals surface area contributed by atoms with Gasteiger partial charge in [0.25, 0.3) is 0 Å². The molecule has 2 aromatic rings. The van der Waals surface area contributed by atoms with Gasteiger partial charge >= 0.3 is 0 Å². The maximum Gasteiger partial charge on any atom is 0.243 e. The number of nitrogens with one attached hydrogen (secondary N) is 2. The number of benzene rings is 2. The van der Waals surface area contributed by atoms with Crippen molar-refractivity contribution in [3.63, 3.8) is 0 Å². The summed E-state index contributed by atoms with van der Waals surface area (Å²) in [5.74, 6) is 1.24. The number of carbonyl (C=O) groups is 1. The lowest BCUT2D eigenvalue weighted by molar-refractivity contribution is -0.114. The predicted octanol–water partition coefficient (Wildman–Crippen LogP) is 3.62. The highest BCUT2D eigenvalue weighted by Crippen LogP contribution is 2.34. The van der Waals surface area contributed by atoms with Crippen molar-refractivity contribution >= 4 is 23.0 Å². The predicted molar refractivity (Wildman–Crippen MR) is 104 cm³/mol. The van der Waals surface area contributed by atoms with Crippen molar-refractivity contribution in [1.82, 2.24) is 0 Å². The Balaban J connectivity index is 1.57. The molecule has 1 heterocycles. The van der Waals surface area contributed by atoms with Crippen LogP contribution >= 0.6 is 0 Å². The molecule has 2 aromatic carbocycles. The van der Waals surface area contributed by atoms with Crippen LogP contribution < -0.4 is 25.0 Å². The highest BCUT2D eigenvalue weighted by Gasteiger charge is 2.14. The van der Waals surface area contributed by atoms with Crippen LogP contribution in [0.2, 0.25) is 0 Å². The van der Waals surface area contributed by atoms with E-state index in [1.807, 2.05) is 13.0 Å². The maximum absolute atomic E-state index is 12.2. The number of hydrogen-bond acceptors (Lipinski definition) is 5. The lowest BCUT2D eigenvalue weighted by Gasteiger charge is -2.22. The monoisotopic (exact) mass is 355 g/mol. The number of rotatable bonds is 7. The minimum Gasteiger partial charge on any atom is -0.454 e. The molecule has 0 fully saturated rings. The molecule has 3 rings (SSSR count). The Morgan fingerprint density at radius 1 is 1.08 bits per heavy atom. The zero-order valence-corrected chi connectivity index (χ0v) is 15.5. The normalized spacial score (nSPS) is 12.0. The fourth-order valence-corrected chi connectivity index (χ4v) is 2.99. The molecule has 2 N–H and O–H groups in total. The van der Waals surface area contributed by atoms with E-state index in [1.165, 1.54) is 5.69 Å². The van der Waals surface area contributed by atoms with E-state index >= 15 is 0 Å². The summed E-state index contributed by atoms with van der Waals surface area (Å²) in [5, 5.41) is 6.06. The third-order valence-electron chi connectivity index (χ3n) is 4.43. The topological polar surface area (TPSA) is 62.8 Å². The Morgan fingerprint density at radius 2 is 1.85 bits per heavy atom. The van der Waals surface area contributed by atoms with E-state index in [9.17, 15) is 4.79 Å². The van der Waals surface area contributed by atoms with Crippen LogP contribution in [0.4, 0.5) is 17.1 Å². The van der Waals surface area contributed by atoms with Crippen LogP contribution in [0.3, 0.4) is 0 Å². The summed E-state index contributed by atoms with van der Waals surface area (Å²) in [6, 6.07) is 11.6. The van der Waals surface area contributed by atoms with Crippen LogP contribution in [0.1, 0.15) is 19.4 Å². The van der Waals surface area contributed by atoms with E-state index in [2.05, 4.69) is 41.5 Å². The van der Waals surface area contributed by atoms with E-state index in [0.717, 1.165) is 24.3 Å². The summed E-state index contributed by atoms with van der Waals surface area (Å²) in [6.07, 6.45) is 0. The number of amides is 1. The Kier molecular flexibility index (Phi) is 5.51. The SMILES string of the molecule is CCN(CC)c1ccc(NCC(=O)Nc2ccc3c(c2)OCO3)c(C)c1. The zero-order valence-electron chi connectivity index (χ0n) is 15.5. The van der Waals surface area contributed by atoms with Crippen molar-refractivity contribution in [3.8, 4) is 11.5 Å². The van der Waals surface area contributed by atoms with Crippen molar-refractivity contribution in [2.45, 2.75) is 20.8 Å². The van der Waals surface area contributed by atoms with Gasteiger partial charge in [-0.3, -0.25) is 4.79 Å². The first kappa shape index (κ1) is 17.9. The van der Waals surface area contributed by atoms with Gasteiger partial charge in [0, 0.05) is 36.2 Å². The van der Waals surface area contributed by atoms with Gasteiger partial charge in [-0.15, -0.1) is 0 Å². The zero-order chi connectivity index (χ0) is 18.5. The third kappa shape index (κ3) is 4.02. The molecule has 1 aliphatic rings. The molecule has 6 nitrogen and oxygen atoms in total. The molecule has 0 atom stereocenters. The summed E-state index contributed by atoms with van der Waals surface area (Å²) >= 11 is 0. The number of carbonyl (C=O) groups excluding carboxylic acids is 1. The summed E-state index contributed by atoms with van der Waals surface area (Å²) in [7, 11) is 0. The van der Waals surface area contributed by atoms with Gasteiger partial charge in [-0.1, -0.05) is 0 Å². The summed E-state index contributed by atoms with van der Waals surface area (Å²) in [5.41, 5.74) is 3.96. The van der Waals surface area contributed by atoms with E-state index < -0.39 is 0 Å². The molecular weight excluding hydrogens is 330 g/mol. The molecule has 6 heteroatoms. The summed E-state index contributed by atoms with van der Waals surface area (Å²) in [6.45, 7) is 8.69. The number of anilines is 3. The number of nitrogens with zero attached hydrogens (tertiary/aromatic N) is 1. The average molecular weight is 355 g/mol. The summed E-state index contributed by atoms with van der Waals surface area (Å²) in [4.78, 5) is 14.5. The average Bonchev–Trinajstić information content (AvgIpc) is 3.10. The van der Waals surface area contributed by atoms with Gasteiger partial charge in [-0.2, -0.15) is 0 Å². The Morgan fingerprint density at radius 3 is 2.58 bits per heavy atom. The quantitative estimate of drug-likeness (QED) is 0.794. The maximum atomic E-state index is 12.2. The molecule has 0 unspecified atom stereocenters. The molecular formula is C20H25N3O3. The second-order valence-corrected chi connectivity index (χ2v) is 6.14. The first-order valence-electron chi connectivity index (χ1n) is 8.89. The van der Waals surface area contributed by atoms with Crippen molar-refractivity contribution in [1.29, 1.82) is 0 Å². The standard InChI is InChI=1S/C20H25N3O3/c1-4-23(5-2)16-7-8-17(14(3)10-16)21-12-20(24)22-15-6-9-18-19(11-15)26-13-25-18/h6-11,21H,4-5,12-13H2,1-3H3,(H,22,24). The lowest BCUT2D eigenvalue weighted by Crippen LogP contribution is -2.23. The highest BCUT2D eigenvalue weighted by molar-refractivity contribution is 5.94. The molecule has 26 heavy (non-hydrogen) atoms. The Labute approximate surface area is 154 Å². The first-order chi connectivity index (χ1) is 12.6. The first-order valence-corrected chi connectivity index (χ1v) is 8.89. The van der Waals surface area contributed by atoms with Gasteiger partial charge in [-0.25, -0.2) is 0 Å². The molecule has 0 aromatic heterocycles. The van der Waals surface area contributed by atoms with Crippen LogP contribution in [0, 0.1) is 6.92 Å². The number of ether oxygens (including phenoxy) is 2. The van der Waals surface area contributed by atoms with Crippen molar-refractivity contribution in [2.24, 2.45) is 0 Å². The number of fused-ring (bicyclic) bond motifs is 1. The minimum atomic E-state index is -0.115. The van der Waals surface area contributed by atoms with Crippen LogP contribution in [0.15, 0.2) is 36.4 Å². The van der Waals surface area contributed by atoms with Crippen molar-refractivity contribution in [2.75, 3.05) is 42.0 Å². The number of aryl methyl sites for hydroxylation is 1. The van der Waals surface area contributed by atoms with Gasteiger partial charge in [-0.05, 0) is 56.7 Å². The fraction of sp³-hybridized carbons (Fsp3) is 0.350. The molecule has 0 bridgehead atoms. The van der Waals surface area contributed by atoms with Crippen LogP contribution in [-0.2, 0) is 4.79 Å². The lowest BCUT2D eigenvalue weighted by atomic mass is 10.1. The second kappa shape index (κ2) is 7.99. The molecule has 0 saturated carbocycles. The van der Waals surface area contributed by atoms with Gasteiger partial charge in [0.15, 0.2) is 11.5 Å². The molecule has 0 saturated heterocycles. The minimum absolute atomic E-state index is 0.115. The summed E-state index contributed by atoms with van der Waals surface area (Å²) < 4.78 is 10.6. The largest absolute Gasteiger partial charge is 0.454 e. The number of hydrogen-bond donors (Lipinski definition) is 2. The molecule has 138 valence electrons. The van der Waals surface area contributed by atoms with E-state index in [4.69, 9.17) is 9.47 Å². The Hall–Kier alpha value is -2.89. The van der Waals surface area contributed by atoms with Gasteiger partial charge in [0.2, 0.25) is 12.7 Å². The van der Waals surface area contributed by atoms with E-state index in [0.29, 0.717) is 17.2 Å².